The molecule has 0 amide bonds. The molecule has 0 aromatic heterocycles. The first-order chi connectivity index (χ1) is 6.42. The van der Waals surface area contributed by atoms with Crippen molar-refractivity contribution < 1.29 is 9.13 Å². The maximum Gasteiger partial charge on any atom is 0.144 e. The summed E-state index contributed by atoms with van der Waals surface area (Å²) in [4.78, 5) is 0. The Morgan fingerprint density at radius 2 is 1.93 bits per heavy atom. The molecule has 2 nitrogen and oxygen atoms in total. The molecule has 1 aromatic carbocycles. The van der Waals surface area contributed by atoms with Gasteiger partial charge < -0.3 is 10.1 Å². The molecule has 1 N–H and O–H groups in total. The average molecular weight is 197 g/mol. The first-order valence-electron chi connectivity index (χ1n) is 4.54. The van der Waals surface area contributed by atoms with E-state index in [1.54, 1.807) is 6.07 Å². The number of hydrogen-bond donors (Lipinski definition) is 1. The van der Waals surface area contributed by atoms with Crippen LogP contribution in [-0.2, 0) is 0 Å². The third-order valence-electron chi connectivity index (χ3n) is 1.67. The zero-order chi connectivity index (χ0) is 10.8. The highest BCUT2D eigenvalue weighted by Crippen LogP contribution is 2.27. The second-order valence-corrected chi connectivity index (χ2v) is 4.22. The predicted octanol–water partition coefficient (Wildman–Crippen LogP) is 3.04. The van der Waals surface area contributed by atoms with Gasteiger partial charge in [-0.05, 0) is 32.9 Å². The van der Waals surface area contributed by atoms with Crippen molar-refractivity contribution in [1.82, 2.24) is 0 Å². The lowest BCUT2D eigenvalue weighted by Gasteiger charge is -2.23. The topological polar surface area (TPSA) is 21.3 Å². The molecule has 0 heterocycles. The van der Waals surface area contributed by atoms with Gasteiger partial charge in [-0.1, -0.05) is 0 Å². The van der Waals surface area contributed by atoms with Crippen molar-refractivity contribution >= 4 is 5.69 Å². The summed E-state index contributed by atoms with van der Waals surface area (Å²) >= 11 is 0. The van der Waals surface area contributed by atoms with Gasteiger partial charge in [0.05, 0.1) is 12.8 Å². The van der Waals surface area contributed by atoms with Crippen LogP contribution in [0.25, 0.3) is 0 Å². The number of methoxy groups -OCH3 is 1. The van der Waals surface area contributed by atoms with Gasteiger partial charge in [-0.25, -0.2) is 4.39 Å². The highest BCUT2D eigenvalue weighted by atomic mass is 19.1. The number of ether oxygens (including phenoxy) is 1. The highest BCUT2D eigenvalue weighted by Gasteiger charge is 2.12. The Morgan fingerprint density at radius 1 is 1.29 bits per heavy atom. The Balaban J connectivity index is 2.97. The molecule has 14 heavy (non-hydrogen) atoms. The van der Waals surface area contributed by atoms with Crippen molar-refractivity contribution in [2.45, 2.75) is 26.3 Å². The normalized spacial score (nSPS) is 11.2. The molecule has 3 heteroatoms. The van der Waals surface area contributed by atoms with Gasteiger partial charge in [-0.2, -0.15) is 0 Å². The minimum absolute atomic E-state index is 0.0644. The molecule has 0 fully saturated rings. The van der Waals surface area contributed by atoms with Crippen molar-refractivity contribution in [3.63, 3.8) is 0 Å². The van der Waals surface area contributed by atoms with E-state index in [1.165, 1.54) is 19.2 Å². The molecule has 0 unspecified atom stereocenters. The summed E-state index contributed by atoms with van der Waals surface area (Å²) < 4.78 is 17.9. The first-order valence-corrected chi connectivity index (χ1v) is 4.54. The van der Waals surface area contributed by atoms with Crippen LogP contribution in [0.5, 0.6) is 5.75 Å². The van der Waals surface area contributed by atoms with Crippen LogP contribution >= 0.6 is 0 Å². The van der Waals surface area contributed by atoms with Crippen LogP contribution in [0.3, 0.4) is 0 Å². The van der Waals surface area contributed by atoms with E-state index in [0.29, 0.717) is 5.75 Å². The molecule has 0 bridgehead atoms. The van der Waals surface area contributed by atoms with Crippen molar-refractivity contribution in [3.8, 4) is 5.75 Å². The van der Waals surface area contributed by atoms with Crippen LogP contribution in [0.1, 0.15) is 20.8 Å². The summed E-state index contributed by atoms with van der Waals surface area (Å²) in [7, 11) is 1.53. The second-order valence-electron chi connectivity index (χ2n) is 4.22. The quantitative estimate of drug-likeness (QED) is 0.786. The van der Waals surface area contributed by atoms with E-state index in [2.05, 4.69) is 5.32 Å². The van der Waals surface area contributed by atoms with Gasteiger partial charge in [0.1, 0.15) is 11.6 Å². The van der Waals surface area contributed by atoms with Crippen LogP contribution in [0.2, 0.25) is 0 Å². The average Bonchev–Trinajstić information content (AvgIpc) is 2.06. The number of hydrogen-bond acceptors (Lipinski definition) is 2. The third-order valence-corrected chi connectivity index (χ3v) is 1.67. The van der Waals surface area contributed by atoms with E-state index in [9.17, 15) is 4.39 Å². The number of halogens is 1. The molecule has 0 radical (unpaired) electrons. The van der Waals surface area contributed by atoms with Crippen LogP contribution in [0.15, 0.2) is 18.2 Å². The predicted molar refractivity (Wildman–Crippen MR) is 56.3 cm³/mol. The van der Waals surface area contributed by atoms with E-state index in [-0.39, 0.29) is 11.4 Å². The van der Waals surface area contributed by atoms with E-state index in [0.717, 1.165) is 5.69 Å². The minimum Gasteiger partial charge on any atom is -0.494 e. The largest absolute Gasteiger partial charge is 0.494 e. The Bertz CT molecular complexity index is 318. The molecular weight excluding hydrogens is 181 g/mol. The lowest BCUT2D eigenvalue weighted by molar-refractivity contribution is 0.411. The summed E-state index contributed by atoms with van der Waals surface area (Å²) in [6.45, 7) is 6.11. The van der Waals surface area contributed by atoms with Gasteiger partial charge in [0, 0.05) is 11.6 Å². The highest BCUT2D eigenvalue weighted by molar-refractivity contribution is 5.57. The van der Waals surface area contributed by atoms with Gasteiger partial charge in [-0.3, -0.25) is 0 Å². The van der Waals surface area contributed by atoms with Crippen LogP contribution in [0.4, 0.5) is 10.1 Å². The molecule has 78 valence electrons. The lowest BCUT2D eigenvalue weighted by atomic mass is 10.1. The lowest BCUT2D eigenvalue weighted by Crippen LogP contribution is -2.26. The van der Waals surface area contributed by atoms with Crippen molar-refractivity contribution in [3.05, 3.63) is 24.0 Å². The van der Waals surface area contributed by atoms with Gasteiger partial charge in [-0.15, -0.1) is 0 Å². The number of nitrogens with one attached hydrogen (secondary N) is 1. The van der Waals surface area contributed by atoms with Crippen LogP contribution in [0, 0.1) is 5.82 Å². The number of anilines is 1. The number of rotatable bonds is 2. The fourth-order valence-corrected chi connectivity index (χ4v) is 1.17. The molecule has 0 atom stereocenters. The number of benzene rings is 1. The molecule has 0 saturated heterocycles. The molecule has 0 aliphatic rings. The third kappa shape index (κ3) is 2.91. The summed E-state index contributed by atoms with van der Waals surface area (Å²) in [6.07, 6.45) is 0. The van der Waals surface area contributed by atoms with Crippen LogP contribution < -0.4 is 10.1 Å². The maximum atomic E-state index is 12.9. The van der Waals surface area contributed by atoms with Crippen LogP contribution in [-0.4, -0.2) is 12.6 Å². The fourth-order valence-electron chi connectivity index (χ4n) is 1.17. The summed E-state index contributed by atoms with van der Waals surface area (Å²) in [5.74, 6) is 0.237. The SMILES string of the molecule is COc1cc(F)ccc1NC(C)(C)C. The molecule has 0 aliphatic heterocycles. The zero-order valence-corrected chi connectivity index (χ0v) is 9.02. The monoisotopic (exact) mass is 197 g/mol. The summed E-state index contributed by atoms with van der Waals surface area (Å²) in [5, 5.41) is 3.24. The molecule has 1 aromatic rings. The summed E-state index contributed by atoms with van der Waals surface area (Å²) in [5.41, 5.74) is 0.742. The van der Waals surface area contributed by atoms with E-state index >= 15 is 0 Å². The zero-order valence-electron chi connectivity index (χ0n) is 9.02. The van der Waals surface area contributed by atoms with Crippen molar-refractivity contribution in [2.24, 2.45) is 0 Å². The van der Waals surface area contributed by atoms with Crippen molar-refractivity contribution in [2.75, 3.05) is 12.4 Å². The van der Waals surface area contributed by atoms with Gasteiger partial charge in [0.25, 0.3) is 0 Å². The smallest absolute Gasteiger partial charge is 0.144 e. The maximum absolute atomic E-state index is 12.9. The second kappa shape index (κ2) is 3.86. The molecule has 0 spiro atoms. The molecule has 0 aliphatic carbocycles. The van der Waals surface area contributed by atoms with E-state index in [4.69, 9.17) is 4.74 Å². The standard InChI is InChI=1S/C11H16FNO/c1-11(2,3)13-9-6-5-8(12)7-10(9)14-4/h5-7,13H,1-4H3. The minimum atomic E-state index is -0.290. The van der Waals surface area contributed by atoms with E-state index < -0.39 is 0 Å². The Kier molecular flexibility index (Phi) is 2.99. The van der Waals surface area contributed by atoms with Gasteiger partial charge in [0.2, 0.25) is 0 Å². The molecular formula is C11H16FNO. The summed E-state index contributed by atoms with van der Waals surface area (Å²) in [6, 6.07) is 4.46. The Hall–Kier alpha value is -1.25. The van der Waals surface area contributed by atoms with Crippen molar-refractivity contribution in [1.29, 1.82) is 0 Å². The van der Waals surface area contributed by atoms with Gasteiger partial charge >= 0.3 is 0 Å². The van der Waals surface area contributed by atoms with E-state index in [1.807, 2.05) is 20.8 Å². The van der Waals surface area contributed by atoms with Gasteiger partial charge in [0.15, 0.2) is 0 Å². The molecule has 1 rings (SSSR count). The molecule has 0 saturated carbocycles. The Labute approximate surface area is 84.1 Å². The first kappa shape index (κ1) is 10.8. The Morgan fingerprint density at radius 3 is 2.43 bits per heavy atom. The fraction of sp³-hybridized carbons (Fsp3) is 0.455.